The minimum atomic E-state index is -0.510. The molecular weight excluding hydrogens is 205 g/mol. The summed E-state index contributed by atoms with van der Waals surface area (Å²) in [6, 6.07) is 2.09. The molecule has 0 aliphatic heterocycles. The van der Waals surface area contributed by atoms with Gasteiger partial charge in [0.15, 0.2) is 0 Å². The van der Waals surface area contributed by atoms with Gasteiger partial charge in [0.25, 0.3) is 0 Å². The first kappa shape index (κ1) is 14.6. The highest BCUT2D eigenvalue weighted by molar-refractivity contribution is 7.55. The van der Waals surface area contributed by atoms with Crippen molar-refractivity contribution < 1.29 is 4.52 Å². The van der Waals surface area contributed by atoms with Crippen LogP contribution in [-0.2, 0) is 4.52 Å². The fraction of sp³-hybridized carbons (Fsp3) is 0.750. The molecule has 0 aliphatic rings. The average Bonchev–Trinajstić information content (AvgIpc) is 2.13. The van der Waals surface area contributed by atoms with E-state index in [-0.39, 0.29) is 0 Å². The van der Waals surface area contributed by atoms with E-state index in [1.54, 1.807) is 0 Å². The molecule has 86 valence electrons. The number of rotatable bonds is 6. The molecule has 3 heteroatoms. The van der Waals surface area contributed by atoms with Crippen molar-refractivity contribution in [2.45, 2.75) is 34.1 Å². The van der Waals surface area contributed by atoms with Gasteiger partial charge < -0.3 is 4.52 Å². The second kappa shape index (κ2) is 7.85. The Morgan fingerprint density at radius 2 is 1.87 bits per heavy atom. The van der Waals surface area contributed by atoms with Crippen LogP contribution in [0.1, 0.15) is 34.1 Å². The molecule has 0 aromatic carbocycles. The molecule has 0 amide bonds. The zero-order valence-electron chi connectivity index (χ0n) is 10.4. The first-order chi connectivity index (χ1) is 6.99. The topological polar surface area (TPSA) is 33.0 Å². The van der Waals surface area contributed by atoms with E-state index in [9.17, 15) is 0 Å². The third-order valence-corrected chi connectivity index (χ3v) is 3.42. The van der Waals surface area contributed by atoms with Gasteiger partial charge in [-0.25, -0.2) is 0 Å². The van der Waals surface area contributed by atoms with Crippen molar-refractivity contribution in [3.63, 3.8) is 0 Å². The number of hydrogen-bond acceptors (Lipinski definition) is 2. The predicted octanol–water partition coefficient (Wildman–Crippen LogP) is 4.14. The number of hydrogen-bond donors (Lipinski definition) is 0. The maximum atomic E-state index is 8.40. The van der Waals surface area contributed by atoms with Gasteiger partial charge in [0.05, 0.1) is 19.1 Å². The molecule has 2 nitrogen and oxygen atoms in total. The molecule has 15 heavy (non-hydrogen) atoms. The van der Waals surface area contributed by atoms with Crippen LogP contribution in [0.3, 0.4) is 0 Å². The third-order valence-electron chi connectivity index (χ3n) is 2.17. The van der Waals surface area contributed by atoms with Crippen LogP contribution >= 0.6 is 8.15 Å². The normalized spacial score (nSPS) is 12.7. The Balaban J connectivity index is 4.23. The molecule has 0 saturated carbocycles. The van der Waals surface area contributed by atoms with E-state index in [1.807, 2.05) is 0 Å². The third kappa shape index (κ3) is 6.66. The van der Waals surface area contributed by atoms with Gasteiger partial charge in [-0.1, -0.05) is 33.3 Å². The lowest BCUT2D eigenvalue weighted by molar-refractivity contribution is 0.368. The molecule has 0 aliphatic carbocycles. The minimum absolute atomic E-state index is 0.485. The van der Waals surface area contributed by atoms with Gasteiger partial charge in [-0.2, -0.15) is 5.26 Å². The Kier molecular flexibility index (Phi) is 7.65. The first-order valence-electron chi connectivity index (χ1n) is 5.43. The van der Waals surface area contributed by atoms with Gasteiger partial charge in [0.1, 0.15) is 0 Å². The monoisotopic (exact) mass is 227 g/mol. The number of nitrogens with zero attached hydrogens (tertiary/aromatic N) is 1. The van der Waals surface area contributed by atoms with E-state index in [0.29, 0.717) is 24.9 Å². The summed E-state index contributed by atoms with van der Waals surface area (Å²) in [5.74, 6) is 3.41. The van der Waals surface area contributed by atoms with Crippen LogP contribution in [0, 0.1) is 23.2 Å². The summed E-state index contributed by atoms with van der Waals surface area (Å²) in [7, 11) is -0.510. The Hall–Kier alpha value is -0.380. The Morgan fingerprint density at radius 1 is 1.33 bits per heavy atom. The summed E-state index contributed by atoms with van der Waals surface area (Å²) in [6.45, 7) is 11.5. The molecule has 0 rings (SSSR count). The molecule has 0 N–H and O–H groups in total. The highest BCUT2D eigenvalue weighted by atomic mass is 31.1. The molecule has 0 aromatic heterocycles. The van der Waals surface area contributed by atoms with Crippen LogP contribution in [0.2, 0.25) is 0 Å². The Labute approximate surface area is 95.2 Å². The standard InChI is InChI=1S/C12H22NOP/c1-10(2)12(11(3)4)9-15(5)14-8-6-7-13/h9-11H,6,8H2,1-5H3. The van der Waals surface area contributed by atoms with Gasteiger partial charge >= 0.3 is 0 Å². The molecule has 1 atom stereocenters. The first-order valence-corrected chi connectivity index (χ1v) is 7.21. The summed E-state index contributed by atoms with van der Waals surface area (Å²) in [5.41, 5.74) is 1.46. The van der Waals surface area contributed by atoms with Crippen LogP contribution in [0.15, 0.2) is 11.4 Å². The van der Waals surface area contributed by atoms with E-state index in [1.165, 1.54) is 5.57 Å². The van der Waals surface area contributed by atoms with Crippen LogP contribution in [-0.4, -0.2) is 13.3 Å². The van der Waals surface area contributed by atoms with Gasteiger partial charge in [0, 0.05) is 8.15 Å². The van der Waals surface area contributed by atoms with Crippen molar-refractivity contribution in [2.24, 2.45) is 11.8 Å². The van der Waals surface area contributed by atoms with E-state index in [0.717, 1.165) is 0 Å². The van der Waals surface area contributed by atoms with Crippen LogP contribution in [0.4, 0.5) is 0 Å². The average molecular weight is 227 g/mol. The molecule has 0 heterocycles. The Morgan fingerprint density at radius 3 is 2.27 bits per heavy atom. The lowest BCUT2D eigenvalue weighted by Crippen LogP contribution is -2.02. The Bertz CT molecular complexity index is 230. The van der Waals surface area contributed by atoms with E-state index in [2.05, 4.69) is 46.2 Å². The minimum Gasteiger partial charge on any atom is -0.354 e. The van der Waals surface area contributed by atoms with Crippen molar-refractivity contribution in [3.05, 3.63) is 11.4 Å². The molecule has 0 bridgehead atoms. The molecule has 1 unspecified atom stereocenters. The molecular formula is C12H22NOP. The van der Waals surface area contributed by atoms with Crippen molar-refractivity contribution >= 4 is 8.15 Å². The number of nitriles is 1. The fourth-order valence-corrected chi connectivity index (χ4v) is 2.92. The van der Waals surface area contributed by atoms with Crippen LogP contribution < -0.4 is 0 Å². The zero-order chi connectivity index (χ0) is 11.8. The summed E-state index contributed by atoms with van der Waals surface area (Å²) in [6.07, 6.45) is 0.485. The van der Waals surface area contributed by atoms with E-state index < -0.39 is 8.15 Å². The van der Waals surface area contributed by atoms with Crippen molar-refractivity contribution in [1.29, 1.82) is 5.26 Å². The van der Waals surface area contributed by atoms with Crippen molar-refractivity contribution in [1.82, 2.24) is 0 Å². The van der Waals surface area contributed by atoms with Crippen molar-refractivity contribution in [3.8, 4) is 6.07 Å². The lowest BCUT2D eigenvalue weighted by Gasteiger charge is -2.18. The number of allylic oxidation sites excluding steroid dienone is 1. The van der Waals surface area contributed by atoms with E-state index >= 15 is 0 Å². The summed E-state index contributed by atoms with van der Waals surface area (Å²) >= 11 is 0. The SMILES string of the molecule is CC(C)C(=CP(C)OCCC#N)C(C)C. The largest absolute Gasteiger partial charge is 0.354 e. The van der Waals surface area contributed by atoms with Gasteiger partial charge in [-0.3, -0.25) is 0 Å². The molecule has 0 radical (unpaired) electrons. The second-order valence-corrected chi connectivity index (χ2v) is 5.83. The smallest absolute Gasteiger partial charge is 0.0646 e. The highest BCUT2D eigenvalue weighted by Crippen LogP contribution is 2.38. The molecule has 0 spiro atoms. The summed E-state index contributed by atoms with van der Waals surface area (Å²) in [4.78, 5) is 0. The maximum Gasteiger partial charge on any atom is 0.0646 e. The second-order valence-electron chi connectivity index (χ2n) is 4.23. The van der Waals surface area contributed by atoms with Crippen LogP contribution in [0.25, 0.3) is 0 Å². The highest BCUT2D eigenvalue weighted by Gasteiger charge is 2.10. The molecule has 0 aromatic rings. The molecule has 0 saturated heterocycles. The zero-order valence-corrected chi connectivity index (χ0v) is 11.3. The van der Waals surface area contributed by atoms with E-state index in [4.69, 9.17) is 9.79 Å². The lowest BCUT2D eigenvalue weighted by atomic mass is 9.95. The van der Waals surface area contributed by atoms with Gasteiger partial charge in [-0.05, 0) is 24.3 Å². The predicted molar refractivity (Wildman–Crippen MR) is 66.8 cm³/mol. The quantitative estimate of drug-likeness (QED) is 0.504. The summed E-state index contributed by atoms with van der Waals surface area (Å²) in [5, 5.41) is 8.40. The fourth-order valence-electron chi connectivity index (χ4n) is 1.45. The van der Waals surface area contributed by atoms with Gasteiger partial charge in [-0.15, -0.1) is 0 Å². The van der Waals surface area contributed by atoms with Gasteiger partial charge in [0.2, 0.25) is 0 Å². The van der Waals surface area contributed by atoms with Crippen LogP contribution in [0.5, 0.6) is 0 Å². The van der Waals surface area contributed by atoms with Crippen molar-refractivity contribution in [2.75, 3.05) is 13.3 Å². The maximum absolute atomic E-state index is 8.40. The summed E-state index contributed by atoms with van der Waals surface area (Å²) < 4.78 is 5.58. The molecule has 0 fully saturated rings.